The molecule has 0 saturated heterocycles. The molecule has 1 rings (SSSR count). The van der Waals surface area contributed by atoms with Crippen molar-refractivity contribution in [1.82, 2.24) is 4.31 Å². The van der Waals surface area contributed by atoms with Crippen molar-refractivity contribution in [3.63, 3.8) is 0 Å². The van der Waals surface area contributed by atoms with Crippen molar-refractivity contribution in [3.05, 3.63) is 29.8 Å². The highest BCUT2D eigenvalue weighted by Crippen LogP contribution is 2.23. The number of carbonyl (C=O) groups excluding carboxylic acids is 1. The van der Waals surface area contributed by atoms with Gasteiger partial charge in [-0.05, 0) is 58.2 Å². The molecule has 1 unspecified atom stereocenters. The number of alkyl halides is 1. The normalized spacial score (nSPS) is 13.4. The van der Waals surface area contributed by atoms with Crippen LogP contribution in [0.25, 0.3) is 0 Å². The van der Waals surface area contributed by atoms with E-state index in [1.807, 2.05) is 52.0 Å². The van der Waals surface area contributed by atoms with Crippen molar-refractivity contribution in [1.29, 1.82) is 0 Å². The van der Waals surface area contributed by atoms with Gasteiger partial charge in [-0.2, -0.15) is 0 Å². The Bertz CT molecular complexity index is 726. The summed E-state index contributed by atoms with van der Waals surface area (Å²) in [6.45, 7) is 10.6. The number of benzene rings is 1. The van der Waals surface area contributed by atoms with Crippen LogP contribution in [0.1, 0.15) is 53.0 Å². The fraction of sp³-hybridized carbons (Fsp3) is 0.650. The van der Waals surface area contributed by atoms with Crippen LogP contribution in [-0.2, 0) is 19.6 Å². The Hall–Kier alpha value is -1.31. The van der Waals surface area contributed by atoms with Crippen LogP contribution in [0.5, 0.6) is 5.75 Å². The largest absolute Gasteiger partial charge is 0.492 e. The van der Waals surface area contributed by atoms with Gasteiger partial charge in [-0.3, -0.25) is 4.79 Å². The quantitative estimate of drug-likeness (QED) is 0.525. The van der Waals surface area contributed by atoms with Crippen molar-refractivity contribution in [2.75, 3.05) is 25.6 Å². The number of hydrogen-bond acceptors (Lipinski definition) is 5. The van der Waals surface area contributed by atoms with Gasteiger partial charge in [0.05, 0.1) is 16.7 Å². The van der Waals surface area contributed by atoms with Crippen LogP contribution < -0.4 is 4.74 Å². The summed E-state index contributed by atoms with van der Waals surface area (Å²) in [5.41, 5.74) is 0.375. The van der Waals surface area contributed by atoms with E-state index >= 15 is 0 Å². The lowest BCUT2D eigenvalue weighted by Gasteiger charge is -2.29. The molecule has 1 atom stereocenters. The van der Waals surface area contributed by atoms with Crippen molar-refractivity contribution in [2.24, 2.45) is 0 Å². The maximum atomic E-state index is 12.8. The standard InChI is InChI=1S/C20H32ClNO5S/c1-15(2)28(24,25)22(19(23)14-27-20(4,5)6)13-16(3)17-7-9-18(10-8-17)26-12-11-21/h7-10,15-16H,11-14H2,1-6H3. The number of nitrogens with zero attached hydrogens (tertiary/aromatic N) is 1. The summed E-state index contributed by atoms with van der Waals surface area (Å²) in [6, 6.07) is 7.35. The first kappa shape index (κ1) is 24.7. The van der Waals surface area contributed by atoms with Crippen LogP contribution in [0, 0.1) is 0 Å². The molecule has 1 aromatic carbocycles. The van der Waals surface area contributed by atoms with Crippen molar-refractivity contribution < 1.29 is 22.7 Å². The Morgan fingerprint density at radius 3 is 2.18 bits per heavy atom. The molecule has 160 valence electrons. The third kappa shape index (κ3) is 7.60. The van der Waals surface area contributed by atoms with Crippen molar-refractivity contribution in [2.45, 2.75) is 58.3 Å². The molecule has 0 spiro atoms. The van der Waals surface area contributed by atoms with E-state index in [0.29, 0.717) is 18.2 Å². The van der Waals surface area contributed by atoms with Gasteiger partial charge in [0, 0.05) is 6.54 Å². The second-order valence-electron chi connectivity index (χ2n) is 7.93. The molecule has 0 heterocycles. The zero-order chi connectivity index (χ0) is 21.5. The molecule has 0 saturated carbocycles. The van der Waals surface area contributed by atoms with Crippen LogP contribution in [0.3, 0.4) is 0 Å². The lowest BCUT2D eigenvalue weighted by Crippen LogP contribution is -2.45. The smallest absolute Gasteiger partial charge is 0.262 e. The van der Waals surface area contributed by atoms with Crippen LogP contribution in [0.15, 0.2) is 24.3 Å². The highest BCUT2D eigenvalue weighted by molar-refractivity contribution is 7.90. The number of halogens is 1. The van der Waals surface area contributed by atoms with Gasteiger partial charge < -0.3 is 9.47 Å². The van der Waals surface area contributed by atoms with E-state index < -0.39 is 26.8 Å². The molecular weight excluding hydrogens is 402 g/mol. The fourth-order valence-corrected chi connectivity index (χ4v) is 3.71. The predicted molar refractivity (Wildman–Crippen MR) is 113 cm³/mol. The molecule has 0 aliphatic heterocycles. The monoisotopic (exact) mass is 433 g/mol. The second-order valence-corrected chi connectivity index (χ2v) is 10.7. The van der Waals surface area contributed by atoms with Gasteiger partial charge in [0.1, 0.15) is 19.0 Å². The lowest BCUT2D eigenvalue weighted by molar-refractivity contribution is -0.136. The molecule has 1 aromatic rings. The highest BCUT2D eigenvalue weighted by Gasteiger charge is 2.32. The number of rotatable bonds is 10. The number of carbonyl (C=O) groups is 1. The minimum atomic E-state index is -3.76. The Morgan fingerprint density at radius 1 is 1.14 bits per heavy atom. The first-order chi connectivity index (χ1) is 12.9. The van der Waals surface area contributed by atoms with E-state index in [-0.39, 0.29) is 19.1 Å². The number of sulfonamides is 1. The summed E-state index contributed by atoms with van der Waals surface area (Å²) in [6.07, 6.45) is 0. The van der Waals surface area contributed by atoms with Crippen LogP contribution in [-0.4, -0.2) is 55.1 Å². The summed E-state index contributed by atoms with van der Waals surface area (Å²) in [7, 11) is -3.76. The summed E-state index contributed by atoms with van der Waals surface area (Å²) in [4.78, 5) is 12.7. The Kier molecular flexibility index (Phi) is 9.24. The SMILES string of the molecule is CC(CN(C(=O)COC(C)(C)C)S(=O)(=O)C(C)C)c1ccc(OCCCl)cc1. The topological polar surface area (TPSA) is 72.9 Å². The molecule has 1 amide bonds. The van der Waals surface area contributed by atoms with Gasteiger partial charge in [0.2, 0.25) is 10.0 Å². The summed E-state index contributed by atoms with van der Waals surface area (Å²) < 4.78 is 37.4. The number of hydrogen-bond donors (Lipinski definition) is 0. The zero-order valence-corrected chi connectivity index (χ0v) is 19.1. The molecule has 8 heteroatoms. The molecule has 0 aliphatic carbocycles. The minimum absolute atomic E-state index is 0.0503. The molecule has 28 heavy (non-hydrogen) atoms. The van der Waals surface area contributed by atoms with Gasteiger partial charge in [-0.15, -0.1) is 11.6 Å². The van der Waals surface area contributed by atoms with Crippen molar-refractivity contribution >= 4 is 27.5 Å². The van der Waals surface area contributed by atoms with E-state index in [1.54, 1.807) is 13.8 Å². The van der Waals surface area contributed by atoms with Gasteiger partial charge in [-0.25, -0.2) is 12.7 Å². The Labute approximate surface area is 174 Å². The van der Waals surface area contributed by atoms with Crippen LogP contribution in [0.2, 0.25) is 0 Å². The maximum absolute atomic E-state index is 12.8. The van der Waals surface area contributed by atoms with Crippen LogP contribution >= 0.6 is 11.6 Å². The molecule has 0 radical (unpaired) electrons. The first-order valence-electron chi connectivity index (χ1n) is 9.35. The average molecular weight is 434 g/mol. The van der Waals surface area contributed by atoms with E-state index in [1.165, 1.54) is 0 Å². The fourth-order valence-electron chi connectivity index (χ4n) is 2.36. The molecule has 0 aromatic heterocycles. The average Bonchev–Trinajstić information content (AvgIpc) is 2.61. The van der Waals surface area contributed by atoms with Crippen LogP contribution in [0.4, 0.5) is 0 Å². The molecule has 0 bridgehead atoms. The van der Waals surface area contributed by atoms with Gasteiger partial charge >= 0.3 is 0 Å². The summed E-state index contributed by atoms with van der Waals surface area (Å²) >= 11 is 5.61. The van der Waals surface area contributed by atoms with E-state index in [9.17, 15) is 13.2 Å². The minimum Gasteiger partial charge on any atom is -0.492 e. The van der Waals surface area contributed by atoms with Gasteiger partial charge in [0.25, 0.3) is 5.91 Å². The third-order valence-electron chi connectivity index (χ3n) is 4.04. The number of ether oxygens (including phenoxy) is 2. The molecule has 6 nitrogen and oxygen atoms in total. The third-order valence-corrected chi connectivity index (χ3v) is 6.36. The van der Waals surface area contributed by atoms with Gasteiger partial charge in [-0.1, -0.05) is 19.1 Å². The van der Waals surface area contributed by atoms with E-state index in [2.05, 4.69) is 0 Å². The number of amides is 1. The van der Waals surface area contributed by atoms with Crippen molar-refractivity contribution in [3.8, 4) is 5.75 Å². The van der Waals surface area contributed by atoms with E-state index in [0.717, 1.165) is 9.87 Å². The lowest BCUT2D eigenvalue weighted by atomic mass is 10.0. The predicted octanol–water partition coefficient (Wildman–Crippen LogP) is 3.79. The zero-order valence-electron chi connectivity index (χ0n) is 17.6. The molecular formula is C20H32ClNO5S. The second kappa shape index (κ2) is 10.5. The summed E-state index contributed by atoms with van der Waals surface area (Å²) in [5, 5.41) is -0.704. The summed E-state index contributed by atoms with van der Waals surface area (Å²) in [5.74, 6) is 0.350. The molecule has 0 N–H and O–H groups in total. The Balaban J connectivity index is 2.97. The maximum Gasteiger partial charge on any atom is 0.262 e. The first-order valence-corrected chi connectivity index (χ1v) is 11.4. The molecule has 0 aliphatic rings. The van der Waals surface area contributed by atoms with E-state index in [4.69, 9.17) is 21.1 Å². The molecule has 0 fully saturated rings. The highest BCUT2D eigenvalue weighted by atomic mass is 35.5. The van der Waals surface area contributed by atoms with Gasteiger partial charge in [0.15, 0.2) is 0 Å². The Morgan fingerprint density at radius 2 is 1.71 bits per heavy atom.